The molecule has 120 valence electrons. The molecule has 0 saturated carbocycles. The van der Waals surface area contributed by atoms with Crippen LogP contribution in [-0.2, 0) is 0 Å². The number of furan rings is 1. The van der Waals surface area contributed by atoms with Crippen LogP contribution in [0, 0.1) is 29.1 Å². The van der Waals surface area contributed by atoms with E-state index in [-0.39, 0.29) is 18.9 Å². The smallest absolute Gasteiger partial charge is 0.200 e. The van der Waals surface area contributed by atoms with Gasteiger partial charge < -0.3 is 9.52 Å². The van der Waals surface area contributed by atoms with Gasteiger partial charge in [-0.25, -0.2) is 22.0 Å². The molecule has 0 unspecified atom stereocenters. The predicted molar refractivity (Wildman–Crippen MR) is 66.5 cm³/mol. The average Bonchev–Trinajstić information content (AvgIpc) is 3.01. The summed E-state index contributed by atoms with van der Waals surface area (Å²) in [5.74, 6) is -10.1. The van der Waals surface area contributed by atoms with Crippen molar-refractivity contribution in [3.05, 3.63) is 58.8 Å². The molecule has 22 heavy (non-hydrogen) atoms. The van der Waals surface area contributed by atoms with Gasteiger partial charge in [0.05, 0.1) is 24.5 Å². The third-order valence-electron chi connectivity index (χ3n) is 3.22. The van der Waals surface area contributed by atoms with Gasteiger partial charge in [0.15, 0.2) is 23.3 Å². The van der Waals surface area contributed by atoms with Crippen LogP contribution in [0.5, 0.6) is 0 Å². The Balaban J connectivity index is 2.68. The molecule has 2 aromatic rings. The van der Waals surface area contributed by atoms with E-state index in [1.165, 1.54) is 30.3 Å². The van der Waals surface area contributed by atoms with Gasteiger partial charge in [0.1, 0.15) is 5.76 Å². The van der Waals surface area contributed by atoms with Crippen LogP contribution < -0.4 is 0 Å². The summed E-state index contributed by atoms with van der Waals surface area (Å²) in [6.07, 6.45) is 1.21. The molecule has 0 fully saturated rings. The minimum atomic E-state index is -2.22. The lowest BCUT2D eigenvalue weighted by atomic mass is 10.0. The molecule has 1 aromatic heterocycles. The highest BCUT2D eigenvalue weighted by Gasteiger charge is 2.34. The van der Waals surface area contributed by atoms with Gasteiger partial charge in [-0.1, -0.05) is 0 Å². The molecule has 1 N–H and O–H groups in total. The van der Waals surface area contributed by atoms with Gasteiger partial charge >= 0.3 is 0 Å². The number of halogens is 5. The van der Waals surface area contributed by atoms with E-state index in [1.807, 2.05) is 0 Å². The van der Waals surface area contributed by atoms with Crippen LogP contribution in [0.1, 0.15) is 17.4 Å². The number of hydrogen-bond acceptors (Lipinski definition) is 3. The number of aliphatic hydroxyl groups excluding tert-OH is 1. The molecule has 2 rings (SSSR count). The molecule has 8 heteroatoms. The Hall–Kier alpha value is -1.93. The summed E-state index contributed by atoms with van der Waals surface area (Å²) in [4.78, 5) is 1.22. The van der Waals surface area contributed by atoms with Crippen LogP contribution in [0.4, 0.5) is 22.0 Å². The first-order chi connectivity index (χ1) is 10.4. The van der Waals surface area contributed by atoms with Crippen LogP contribution in [0.25, 0.3) is 0 Å². The summed E-state index contributed by atoms with van der Waals surface area (Å²) in [5.41, 5.74) is -1.03. The van der Waals surface area contributed by atoms with E-state index in [4.69, 9.17) is 9.52 Å². The van der Waals surface area contributed by atoms with Crippen molar-refractivity contribution in [1.29, 1.82) is 0 Å². The van der Waals surface area contributed by atoms with E-state index < -0.39 is 40.7 Å². The molecule has 1 atom stereocenters. The van der Waals surface area contributed by atoms with Crippen molar-refractivity contribution in [1.82, 2.24) is 4.90 Å². The third kappa shape index (κ3) is 2.71. The Morgan fingerprint density at radius 3 is 2.05 bits per heavy atom. The number of rotatable bonds is 5. The fraction of sp³-hybridized carbons (Fsp3) is 0.286. The quantitative estimate of drug-likeness (QED) is 0.522. The number of aliphatic hydroxyl groups is 1. The molecule has 0 spiro atoms. The lowest BCUT2D eigenvalue weighted by Gasteiger charge is -2.27. The second kappa shape index (κ2) is 6.45. The maximum absolute atomic E-state index is 14.0. The van der Waals surface area contributed by atoms with Crippen LogP contribution in [0.15, 0.2) is 22.8 Å². The van der Waals surface area contributed by atoms with Crippen molar-refractivity contribution in [2.24, 2.45) is 0 Å². The van der Waals surface area contributed by atoms with Crippen LogP contribution in [0.3, 0.4) is 0 Å². The van der Waals surface area contributed by atoms with Gasteiger partial charge in [-0.15, -0.1) is 0 Å². The highest BCUT2D eigenvalue weighted by Crippen LogP contribution is 2.34. The maximum atomic E-state index is 14.0. The number of likely N-dealkylation sites (N-methyl/N-ethyl adjacent to an activating group) is 1. The first kappa shape index (κ1) is 16.4. The molecule has 0 aliphatic carbocycles. The lowest BCUT2D eigenvalue weighted by molar-refractivity contribution is 0.178. The lowest BCUT2D eigenvalue weighted by Crippen LogP contribution is -2.30. The SMILES string of the molecule is CN(CCO)[C@@H](c1ccco1)c1c(F)c(F)c(F)c(F)c1F. The molecular weight excluding hydrogens is 309 g/mol. The fourth-order valence-corrected chi connectivity index (χ4v) is 2.18. The summed E-state index contributed by atoms with van der Waals surface area (Å²) >= 11 is 0. The summed E-state index contributed by atoms with van der Waals surface area (Å²) < 4.78 is 73.0. The summed E-state index contributed by atoms with van der Waals surface area (Å²) in [7, 11) is 1.36. The largest absolute Gasteiger partial charge is 0.467 e. The van der Waals surface area contributed by atoms with Gasteiger partial charge in [0.2, 0.25) is 5.82 Å². The van der Waals surface area contributed by atoms with Gasteiger partial charge in [0.25, 0.3) is 0 Å². The highest BCUT2D eigenvalue weighted by atomic mass is 19.2. The molecule has 0 aliphatic rings. The molecule has 0 amide bonds. The molecule has 1 aromatic carbocycles. The highest BCUT2D eigenvalue weighted by molar-refractivity contribution is 5.32. The molecular formula is C14H12F5NO2. The van der Waals surface area contributed by atoms with Crippen molar-refractivity contribution in [3.8, 4) is 0 Å². The molecule has 3 nitrogen and oxygen atoms in total. The minimum absolute atomic E-state index is 0.0147. The second-order valence-electron chi connectivity index (χ2n) is 4.61. The normalized spacial score (nSPS) is 12.9. The molecule has 0 bridgehead atoms. The van der Waals surface area contributed by atoms with Crippen LogP contribution in [-0.4, -0.2) is 30.2 Å². The van der Waals surface area contributed by atoms with E-state index in [2.05, 4.69) is 0 Å². The number of nitrogens with zero attached hydrogens (tertiary/aromatic N) is 1. The third-order valence-corrected chi connectivity index (χ3v) is 3.22. The Morgan fingerprint density at radius 2 is 1.59 bits per heavy atom. The zero-order valence-corrected chi connectivity index (χ0v) is 11.4. The van der Waals surface area contributed by atoms with Crippen molar-refractivity contribution in [2.75, 3.05) is 20.2 Å². The topological polar surface area (TPSA) is 36.6 Å². The van der Waals surface area contributed by atoms with E-state index in [9.17, 15) is 22.0 Å². The molecule has 0 radical (unpaired) electrons. The Morgan fingerprint density at radius 1 is 1.05 bits per heavy atom. The van der Waals surface area contributed by atoms with Gasteiger partial charge in [-0.05, 0) is 19.2 Å². The first-order valence-corrected chi connectivity index (χ1v) is 6.26. The van der Waals surface area contributed by atoms with Crippen molar-refractivity contribution >= 4 is 0 Å². The van der Waals surface area contributed by atoms with Crippen molar-refractivity contribution in [2.45, 2.75) is 6.04 Å². The summed E-state index contributed by atoms with van der Waals surface area (Å²) in [5, 5.41) is 8.95. The standard InChI is InChI=1S/C14H12F5NO2/c1-20(4-5-21)14(7-3-2-6-22-7)8-9(15)11(17)13(19)12(18)10(8)16/h2-3,6,14,21H,4-5H2,1H3/t14-/m0/s1. The Bertz CT molecular complexity index is 631. The number of benzene rings is 1. The predicted octanol–water partition coefficient (Wildman–Crippen LogP) is 2.99. The van der Waals surface area contributed by atoms with Gasteiger partial charge in [0, 0.05) is 6.54 Å². The van der Waals surface area contributed by atoms with Gasteiger partial charge in [-0.3, -0.25) is 4.90 Å². The number of hydrogen-bond donors (Lipinski definition) is 1. The zero-order valence-electron chi connectivity index (χ0n) is 11.4. The summed E-state index contributed by atoms with van der Waals surface area (Å²) in [6, 6.07) is 1.39. The second-order valence-corrected chi connectivity index (χ2v) is 4.61. The molecule has 1 heterocycles. The summed E-state index contributed by atoms with van der Waals surface area (Å²) in [6.45, 7) is -0.437. The maximum Gasteiger partial charge on any atom is 0.200 e. The van der Waals surface area contributed by atoms with E-state index in [1.54, 1.807) is 0 Å². The van der Waals surface area contributed by atoms with Crippen LogP contribution >= 0.6 is 0 Å². The zero-order chi connectivity index (χ0) is 16.4. The van der Waals surface area contributed by atoms with Crippen molar-refractivity contribution in [3.63, 3.8) is 0 Å². The molecule has 0 saturated heterocycles. The first-order valence-electron chi connectivity index (χ1n) is 6.26. The Kier molecular flexibility index (Phi) is 4.82. The van der Waals surface area contributed by atoms with Crippen LogP contribution in [0.2, 0.25) is 0 Å². The fourth-order valence-electron chi connectivity index (χ4n) is 2.18. The van der Waals surface area contributed by atoms with Crippen molar-refractivity contribution < 1.29 is 31.5 Å². The van der Waals surface area contributed by atoms with E-state index in [0.29, 0.717) is 0 Å². The van der Waals surface area contributed by atoms with E-state index >= 15 is 0 Å². The van der Waals surface area contributed by atoms with E-state index in [0.717, 1.165) is 0 Å². The minimum Gasteiger partial charge on any atom is -0.467 e. The molecule has 0 aliphatic heterocycles. The monoisotopic (exact) mass is 321 g/mol. The Labute approximate surface area is 122 Å². The average molecular weight is 321 g/mol. The van der Waals surface area contributed by atoms with Gasteiger partial charge in [-0.2, -0.15) is 0 Å².